The average molecular weight is 707 g/mol. The van der Waals surface area contributed by atoms with Gasteiger partial charge >= 0.3 is 0 Å². The molecule has 1 aliphatic rings. The van der Waals surface area contributed by atoms with Gasteiger partial charge in [-0.3, -0.25) is 0 Å². The first-order valence-electron chi connectivity index (χ1n) is 18.7. The predicted octanol–water partition coefficient (Wildman–Crippen LogP) is 14.2. The molecule has 0 fully saturated rings. The number of benzene rings is 9. The summed E-state index contributed by atoms with van der Waals surface area (Å²) in [6, 6.07) is 68.7. The monoisotopic (exact) mass is 706 g/mol. The van der Waals surface area contributed by atoms with Gasteiger partial charge in [-0.1, -0.05) is 146 Å². The molecule has 1 aliphatic heterocycles. The number of hydrogen-bond acceptors (Lipinski definition) is 4. The fourth-order valence-electron chi connectivity index (χ4n) is 8.32. The van der Waals surface area contributed by atoms with Crippen LogP contribution in [0, 0.1) is 0 Å². The van der Waals surface area contributed by atoms with E-state index in [2.05, 4.69) is 186 Å². The minimum atomic E-state index is -0.233. The van der Waals surface area contributed by atoms with Gasteiger partial charge in [-0.15, -0.1) is 0 Å². The molecular formula is C51H34N2O2. The molecule has 4 heteroatoms. The summed E-state index contributed by atoms with van der Waals surface area (Å²) in [6.45, 7) is 0. The molecule has 0 saturated carbocycles. The molecule has 260 valence electrons. The number of para-hydroxylation sites is 2. The summed E-state index contributed by atoms with van der Waals surface area (Å²) >= 11 is 0. The van der Waals surface area contributed by atoms with Gasteiger partial charge in [-0.05, 0) is 81.4 Å². The summed E-state index contributed by atoms with van der Waals surface area (Å²) in [5.41, 5.74) is 11.8. The van der Waals surface area contributed by atoms with E-state index in [0.29, 0.717) is 0 Å². The van der Waals surface area contributed by atoms with Crippen molar-refractivity contribution in [3.05, 3.63) is 200 Å². The van der Waals surface area contributed by atoms with E-state index in [9.17, 15) is 0 Å². The van der Waals surface area contributed by atoms with Crippen LogP contribution >= 0.6 is 0 Å². The van der Waals surface area contributed by atoms with Crippen LogP contribution in [-0.2, 0) is 0 Å². The van der Waals surface area contributed by atoms with E-state index >= 15 is 0 Å². The van der Waals surface area contributed by atoms with E-state index in [1.807, 2.05) is 18.2 Å². The number of ether oxygens (including phenoxy) is 1. The fraction of sp³-hybridized carbons (Fsp3) is 0.0196. The van der Waals surface area contributed by atoms with E-state index in [4.69, 9.17) is 9.15 Å². The Labute approximate surface area is 318 Å². The summed E-state index contributed by atoms with van der Waals surface area (Å²) in [6.07, 6.45) is -0.233. The van der Waals surface area contributed by atoms with Gasteiger partial charge < -0.3 is 19.4 Å². The molecule has 1 N–H and O–H groups in total. The largest absolute Gasteiger partial charge is 0.464 e. The lowest BCUT2D eigenvalue weighted by molar-refractivity contribution is 0.263. The van der Waals surface area contributed by atoms with Gasteiger partial charge in [0.2, 0.25) is 0 Å². The summed E-state index contributed by atoms with van der Waals surface area (Å²) < 4.78 is 12.9. The molecule has 1 aromatic heterocycles. The number of furan rings is 1. The van der Waals surface area contributed by atoms with Crippen LogP contribution < -0.4 is 15.0 Å². The summed E-state index contributed by atoms with van der Waals surface area (Å²) in [4.78, 5) is 2.38. The predicted molar refractivity (Wildman–Crippen MR) is 228 cm³/mol. The normalized spacial score (nSPS) is 13.6. The molecule has 0 amide bonds. The molecule has 9 aromatic carbocycles. The molecule has 1 atom stereocenters. The highest BCUT2D eigenvalue weighted by Crippen LogP contribution is 2.48. The molecule has 1 unspecified atom stereocenters. The minimum Gasteiger partial charge on any atom is -0.464 e. The van der Waals surface area contributed by atoms with Crippen molar-refractivity contribution in [3.8, 4) is 28.0 Å². The average Bonchev–Trinajstić information content (AvgIpc) is 3.87. The number of fused-ring (bicyclic) bond motifs is 8. The van der Waals surface area contributed by atoms with Crippen LogP contribution in [0.3, 0.4) is 0 Å². The van der Waals surface area contributed by atoms with Gasteiger partial charge in [0, 0.05) is 38.7 Å². The third kappa shape index (κ3) is 5.22. The fourth-order valence-corrected chi connectivity index (χ4v) is 8.32. The quantitative estimate of drug-likeness (QED) is 0.175. The Balaban J connectivity index is 1.06. The third-order valence-corrected chi connectivity index (χ3v) is 10.9. The second-order valence-electron chi connectivity index (χ2n) is 14.1. The molecule has 0 saturated heterocycles. The number of nitrogens with one attached hydrogen (secondary N) is 1. The SMILES string of the molecule is c1ccc(-c2ccccc2N(c2ccc(-c3cccc4oc5ccccc5c34)cc2)c2ccc3c(ccc4ccc5c(c43)OC(c3ccccc3)N5)c2)cc1. The maximum Gasteiger partial charge on any atom is 0.196 e. The zero-order valence-corrected chi connectivity index (χ0v) is 29.8. The zero-order valence-electron chi connectivity index (χ0n) is 29.8. The second kappa shape index (κ2) is 12.7. The number of anilines is 4. The highest BCUT2D eigenvalue weighted by molar-refractivity contribution is 6.14. The van der Waals surface area contributed by atoms with Crippen molar-refractivity contribution in [2.24, 2.45) is 0 Å². The Hall–Kier alpha value is -7.30. The Morgan fingerprint density at radius 1 is 0.455 bits per heavy atom. The van der Waals surface area contributed by atoms with E-state index in [-0.39, 0.29) is 6.23 Å². The zero-order chi connectivity index (χ0) is 36.3. The van der Waals surface area contributed by atoms with Crippen molar-refractivity contribution in [2.45, 2.75) is 6.23 Å². The Morgan fingerprint density at radius 3 is 2.00 bits per heavy atom. The van der Waals surface area contributed by atoms with Crippen LogP contribution in [-0.4, -0.2) is 0 Å². The number of rotatable bonds is 6. The van der Waals surface area contributed by atoms with Crippen LogP contribution in [0.1, 0.15) is 11.8 Å². The third-order valence-electron chi connectivity index (χ3n) is 10.9. The molecule has 11 rings (SSSR count). The van der Waals surface area contributed by atoms with E-state index in [1.54, 1.807) is 0 Å². The van der Waals surface area contributed by atoms with E-state index in [1.165, 1.54) is 0 Å². The van der Waals surface area contributed by atoms with Crippen LogP contribution in [0.25, 0.3) is 65.7 Å². The summed E-state index contributed by atoms with van der Waals surface area (Å²) in [7, 11) is 0. The Bertz CT molecular complexity index is 3040. The maximum absolute atomic E-state index is 6.66. The van der Waals surface area contributed by atoms with Crippen molar-refractivity contribution in [3.63, 3.8) is 0 Å². The smallest absolute Gasteiger partial charge is 0.196 e. The minimum absolute atomic E-state index is 0.233. The standard InChI is InChI=1S/C51H34N2O2/c1-3-12-33(13-4-1)40-16-7-9-19-45(40)53(38-27-24-34(25-28-38)41-18-11-21-47-49(41)43-17-8-10-20-46(43)54-47)39-29-30-42-37(32-39)23-22-35-26-31-44-50(48(35)42)55-51(52-44)36-14-5-2-6-15-36/h1-32,51-52H. The molecule has 0 spiro atoms. The lowest BCUT2D eigenvalue weighted by Crippen LogP contribution is -2.11. The highest BCUT2D eigenvalue weighted by Gasteiger charge is 2.26. The summed E-state index contributed by atoms with van der Waals surface area (Å²) in [5.74, 6) is 0.895. The first-order chi connectivity index (χ1) is 27.3. The van der Waals surface area contributed by atoms with Gasteiger partial charge in [-0.2, -0.15) is 0 Å². The number of hydrogen-bond donors (Lipinski definition) is 1. The van der Waals surface area contributed by atoms with Gasteiger partial charge in [0.05, 0.1) is 11.4 Å². The molecular weight excluding hydrogens is 673 g/mol. The molecule has 4 nitrogen and oxygen atoms in total. The lowest BCUT2D eigenvalue weighted by Gasteiger charge is -2.28. The lowest BCUT2D eigenvalue weighted by atomic mass is 9.97. The maximum atomic E-state index is 6.66. The van der Waals surface area contributed by atoms with Crippen molar-refractivity contribution in [1.82, 2.24) is 0 Å². The van der Waals surface area contributed by atoms with Crippen LogP contribution in [0.2, 0.25) is 0 Å². The van der Waals surface area contributed by atoms with Crippen LogP contribution in [0.15, 0.2) is 199 Å². The molecule has 0 radical (unpaired) electrons. The van der Waals surface area contributed by atoms with Gasteiger partial charge in [0.25, 0.3) is 0 Å². The van der Waals surface area contributed by atoms with Crippen molar-refractivity contribution in [1.29, 1.82) is 0 Å². The summed E-state index contributed by atoms with van der Waals surface area (Å²) in [5, 5.41) is 10.4. The molecule has 0 aliphatic carbocycles. The molecule has 0 bridgehead atoms. The van der Waals surface area contributed by atoms with Gasteiger partial charge in [0.15, 0.2) is 12.0 Å². The molecule has 55 heavy (non-hydrogen) atoms. The van der Waals surface area contributed by atoms with Crippen molar-refractivity contribution in [2.75, 3.05) is 10.2 Å². The van der Waals surface area contributed by atoms with Crippen LogP contribution in [0.4, 0.5) is 22.7 Å². The Morgan fingerprint density at radius 2 is 1.13 bits per heavy atom. The van der Waals surface area contributed by atoms with Crippen molar-refractivity contribution >= 4 is 66.2 Å². The second-order valence-corrected chi connectivity index (χ2v) is 14.1. The van der Waals surface area contributed by atoms with Gasteiger partial charge in [-0.25, -0.2) is 0 Å². The highest BCUT2D eigenvalue weighted by atomic mass is 16.5. The molecule has 10 aromatic rings. The van der Waals surface area contributed by atoms with Crippen LogP contribution in [0.5, 0.6) is 5.75 Å². The van der Waals surface area contributed by atoms with Gasteiger partial charge in [0.1, 0.15) is 11.2 Å². The number of nitrogens with zero attached hydrogens (tertiary/aromatic N) is 1. The molecule has 2 heterocycles. The topological polar surface area (TPSA) is 37.6 Å². The van der Waals surface area contributed by atoms with E-state index in [0.717, 1.165) is 99.8 Å². The Kier molecular flexibility index (Phi) is 7.20. The first-order valence-corrected chi connectivity index (χ1v) is 18.7. The van der Waals surface area contributed by atoms with E-state index < -0.39 is 0 Å². The first kappa shape index (κ1) is 31.2. The van der Waals surface area contributed by atoms with Crippen molar-refractivity contribution < 1.29 is 9.15 Å².